The van der Waals surface area contributed by atoms with Crippen molar-refractivity contribution in [2.45, 2.75) is 32.7 Å². The molecule has 0 unspecified atom stereocenters. The lowest BCUT2D eigenvalue weighted by Gasteiger charge is -2.19. The van der Waals surface area contributed by atoms with E-state index >= 15 is 0 Å². The first kappa shape index (κ1) is 18.1. The second kappa shape index (κ2) is 7.74. The van der Waals surface area contributed by atoms with Gasteiger partial charge in [-0.3, -0.25) is 9.78 Å². The van der Waals surface area contributed by atoms with Crippen molar-refractivity contribution in [3.8, 4) is 0 Å². The fraction of sp³-hybridized carbons (Fsp3) is 0.381. The Kier molecular flexibility index (Phi) is 5.18. The molecule has 6 heteroatoms. The maximum atomic E-state index is 12.8. The van der Waals surface area contributed by atoms with Gasteiger partial charge in [-0.15, -0.1) is 11.3 Å². The van der Waals surface area contributed by atoms with Crippen LogP contribution in [-0.2, 0) is 17.6 Å². The first-order chi connectivity index (χ1) is 13.2. The number of nitrogens with one attached hydrogen (secondary N) is 1. The van der Waals surface area contributed by atoms with E-state index in [4.69, 9.17) is 4.74 Å². The summed E-state index contributed by atoms with van der Waals surface area (Å²) in [5.74, 6) is 0.211. The molecule has 3 heterocycles. The van der Waals surface area contributed by atoms with Gasteiger partial charge in [0.1, 0.15) is 4.88 Å². The minimum atomic E-state index is -0.0372. The van der Waals surface area contributed by atoms with Crippen LogP contribution in [0.15, 0.2) is 36.5 Å². The van der Waals surface area contributed by atoms with E-state index in [1.165, 1.54) is 22.3 Å². The summed E-state index contributed by atoms with van der Waals surface area (Å²) in [6, 6.07) is 10.3. The number of pyridine rings is 1. The highest BCUT2D eigenvalue weighted by atomic mass is 32.1. The van der Waals surface area contributed by atoms with Crippen LogP contribution >= 0.6 is 11.3 Å². The lowest BCUT2D eigenvalue weighted by molar-refractivity contribution is 0.0928. The average molecular weight is 382 g/mol. The summed E-state index contributed by atoms with van der Waals surface area (Å²) >= 11 is 1.49. The number of nitrogens with zero attached hydrogens (tertiary/aromatic N) is 2. The van der Waals surface area contributed by atoms with E-state index in [1.54, 1.807) is 0 Å². The summed E-state index contributed by atoms with van der Waals surface area (Å²) in [7, 11) is 0. The van der Waals surface area contributed by atoms with Crippen molar-refractivity contribution in [3.63, 3.8) is 0 Å². The third kappa shape index (κ3) is 3.73. The number of fused-ring (bicyclic) bond motifs is 1. The predicted molar refractivity (Wildman–Crippen MR) is 107 cm³/mol. The number of aromatic nitrogens is 2. The highest BCUT2D eigenvalue weighted by molar-refractivity contribution is 7.13. The van der Waals surface area contributed by atoms with Crippen LogP contribution in [0.2, 0.25) is 0 Å². The quantitative estimate of drug-likeness (QED) is 0.734. The zero-order chi connectivity index (χ0) is 18.8. The van der Waals surface area contributed by atoms with Gasteiger partial charge in [-0.1, -0.05) is 25.1 Å². The molecule has 2 aromatic heterocycles. The normalized spacial score (nSPS) is 19.5. The maximum Gasteiger partial charge on any atom is 0.263 e. The van der Waals surface area contributed by atoms with E-state index in [0.29, 0.717) is 18.1 Å². The summed E-state index contributed by atoms with van der Waals surface area (Å²) in [5.41, 5.74) is 3.06. The minimum Gasteiger partial charge on any atom is -0.379 e. The molecule has 0 aliphatic carbocycles. The Labute approximate surface area is 162 Å². The number of rotatable bonds is 5. The Hall–Kier alpha value is -2.31. The summed E-state index contributed by atoms with van der Waals surface area (Å²) in [6.07, 6.45) is 3.56. The van der Waals surface area contributed by atoms with Gasteiger partial charge in [0.05, 0.1) is 35.5 Å². The van der Waals surface area contributed by atoms with E-state index in [0.717, 1.165) is 29.1 Å². The second-order valence-electron chi connectivity index (χ2n) is 6.94. The molecule has 4 rings (SSSR count). The molecule has 3 aromatic rings. The van der Waals surface area contributed by atoms with Crippen LogP contribution in [-0.4, -0.2) is 35.1 Å². The molecule has 1 aliphatic heterocycles. The number of hydrogen-bond acceptors (Lipinski definition) is 5. The third-order valence-electron chi connectivity index (χ3n) is 5.09. The Morgan fingerprint density at radius 3 is 2.96 bits per heavy atom. The van der Waals surface area contributed by atoms with Crippen molar-refractivity contribution in [1.29, 1.82) is 0 Å². The summed E-state index contributed by atoms with van der Waals surface area (Å²) in [4.78, 5) is 22.4. The van der Waals surface area contributed by atoms with E-state index in [2.05, 4.69) is 34.3 Å². The number of thiazole rings is 1. The van der Waals surface area contributed by atoms with Gasteiger partial charge in [0.2, 0.25) is 0 Å². The second-order valence-corrected chi connectivity index (χ2v) is 8.03. The first-order valence-corrected chi connectivity index (χ1v) is 10.1. The van der Waals surface area contributed by atoms with Gasteiger partial charge in [0.25, 0.3) is 5.91 Å². The van der Waals surface area contributed by atoms with Gasteiger partial charge in [-0.05, 0) is 37.5 Å². The van der Waals surface area contributed by atoms with Crippen LogP contribution in [0.5, 0.6) is 0 Å². The van der Waals surface area contributed by atoms with Crippen LogP contribution in [0.4, 0.5) is 0 Å². The largest absolute Gasteiger partial charge is 0.379 e. The molecule has 1 aromatic carbocycles. The van der Waals surface area contributed by atoms with Gasteiger partial charge in [0, 0.05) is 17.5 Å². The van der Waals surface area contributed by atoms with E-state index < -0.39 is 0 Å². The molecule has 1 saturated heterocycles. The molecule has 140 valence electrons. The van der Waals surface area contributed by atoms with Gasteiger partial charge >= 0.3 is 0 Å². The number of hydrogen-bond donors (Lipinski definition) is 1. The highest BCUT2D eigenvalue weighted by Gasteiger charge is 2.31. The summed E-state index contributed by atoms with van der Waals surface area (Å²) < 4.78 is 5.70. The van der Waals surface area contributed by atoms with Crippen LogP contribution in [0.3, 0.4) is 0 Å². The molecule has 0 radical (unpaired) electrons. The minimum absolute atomic E-state index is 0.0102. The molecule has 0 bridgehead atoms. The van der Waals surface area contributed by atoms with Crippen molar-refractivity contribution in [3.05, 3.63) is 57.7 Å². The number of ether oxygens (including phenoxy) is 1. The van der Waals surface area contributed by atoms with Crippen LogP contribution < -0.4 is 5.32 Å². The Morgan fingerprint density at radius 1 is 1.30 bits per heavy atom. The number of benzene rings is 1. The van der Waals surface area contributed by atoms with Gasteiger partial charge in [0.15, 0.2) is 0 Å². The first-order valence-electron chi connectivity index (χ1n) is 9.33. The molecule has 1 fully saturated rings. The molecule has 5 nitrogen and oxygen atoms in total. The summed E-state index contributed by atoms with van der Waals surface area (Å²) in [6.45, 7) is 5.16. The standard InChI is InChI=1S/C21H23N3O2S/c1-3-19-23-13(2)20(27-19)21(25)24-18-12-26-11-15(18)10-14-8-9-22-17-7-5-4-6-16(14)17/h4-9,15,18H,3,10-12H2,1-2H3,(H,24,25)/t15-,18+/m1/s1. The van der Waals surface area contributed by atoms with Crippen molar-refractivity contribution >= 4 is 28.1 Å². The molecule has 1 N–H and O–H groups in total. The molecule has 0 spiro atoms. The Morgan fingerprint density at radius 2 is 2.15 bits per heavy atom. The van der Waals surface area contributed by atoms with Crippen molar-refractivity contribution in [1.82, 2.24) is 15.3 Å². The number of aryl methyl sites for hydroxylation is 2. The van der Waals surface area contributed by atoms with Crippen LogP contribution in [0.25, 0.3) is 10.9 Å². The molecule has 27 heavy (non-hydrogen) atoms. The van der Waals surface area contributed by atoms with E-state index in [-0.39, 0.29) is 17.9 Å². The highest BCUT2D eigenvalue weighted by Crippen LogP contribution is 2.25. The zero-order valence-electron chi connectivity index (χ0n) is 15.6. The molecular formula is C21H23N3O2S. The van der Waals surface area contributed by atoms with Crippen molar-refractivity contribution in [2.75, 3.05) is 13.2 Å². The number of para-hydroxylation sites is 1. The van der Waals surface area contributed by atoms with E-state index in [1.807, 2.05) is 31.3 Å². The van der Waals surface area contributed by atoms with Crippen LogP contribution in [0.1, 0.15) is 32.9 Å². The van der Waals surface area contributed by atoms with Gasteiger partial charge in [-0.2, -0.15) is 0 Å². The molecule has 1 amide bonds. The molecule has 1 aliphatic rings. The van der Waals surface area contributed by atoms with Gasteiger partial charge in [-0.25, -0.2) is 4.98 Å². The molecule has 0 saturated carbocycles. The molecule has 2 atom stereocenters. The Balaban J connectivity index is 1.50. The third-order valence-corrected chi connectivity index (χ3v) is 6.39. The number of amides is 1. The van der Waals surface area contributed by atoms with Gasteiger partial charge < -0.3 is 10.1 Å². The smallest absolute Gasteiger partial charge is 0.263 e. The topological polar surface area (TPSA) is 64.1 Å². The Bertz CT molecular complexity index is 964. The zero-order valence-corrected chi connectivity index (χ0v) is 16.4. The number of carbonyl (C=O) groups is 1. The SMILES string of the molecule is CCc1nc(C)c(C(=O)N[C@H]2COC[C@H]2Cc2ccnc3ccccc23)s1. The average Bonchev–Trinajstić information content (AvgIpc) is 3.28. The van der Waals surface area contributed by atoms with E-state index in [9.17, 15) is 4.79 Å². The monoisotopic (exact) mass is 381 g/mol. The predicted octanol–water partition coefficient (Wildman–Crippen LogP) is 3.55. The van der Waals surface area contributed by atoms with Crippen molar-refractivity contribution < 1.29 is 9.53 Å². The summed E-state index contributed by atoms with van der Waals surface area (Å²) in [5, 5.41) is 5.35. The molecular weight excluding hydrogens is 358 g/mol. The van der Waals surface area contributed by atoms with Crippen LogP contribution in [0, 0.1) is 12.8 Å². The lowest BCUT2D eigenvalue weighted by atomic mass is 9.93. The fourth-order valence-corrected chi connectivity index (χ4v) is 4.53. The fourth-order valence-electron chi connectivity index (χ4n) is 3.62. The maximum absolute atomic E-state index is 12.8. The van der Waals surface area contributed by atoms with Crippen molar-refractivity contribution in [2.24, 2.45) is 5.92 Å². The number of carbonyl (C=O) groups excluding carboxylic acids is 1. The lowest BCUT2D eigenvalue weighted by Crippen LogP contribution is -2.40.